The monoisotopic (exact) mass is 246 g/mol. The van der Waals surface area contributed by atoms with Crippen LogP contribution < -0.4 is 5.32 Å². The van der Waals surface area contributed by atoms with Crippen molar-refractivity contribution < 1.29 is 0 Å². The van der Waals surface area contributed by atoms with Crippen LogP contribution in [0.1, 0.15) is 58.6 Å². The van der Waals surface area contributed by atoms with Crippen molar-refractivity contribution in [3.63, 3.8) is 0 Å². The van der Waals surface area contributed by atoms with Gasteiger partial charge in [-0.05, 0) is 55.2 Å². The molecule has 1 fully saturated rings. The second-order valence-electron chi connectivity index (χ2n) is 6.78. The molecule has 1 aromatic rings. The summed E-state index contributed by atoms with van der Waals surface area (Å²) in [4.78, 5) is 4.08. The summed E-state index contributed by atoms with van der Waals surface area (Å²) in [7, 11) is 0. The second-order valence-corrected chi connectivity index (χ2v) is 6.78. The lowest BCUT2D eigenvalue weighted by atomic mass is 9.70. The Balaban J connectivity index is 1.97. The zero-order chi connectivity index (χ0) is 13.2. The number of rotatable bonds is 3. The fraction of sp³-hybridized carbons (Fsp3) is 0.688. The van der Waals surface area contributed by atoms with Crippen LogP contribution in [-0.2, 0) is 0 Å². The summed E-state index contributed by atoms with van der Waals surface area (Å²) < 4.78 is 0. The van der Waals surface area contributed by atoms with Gasteiger partial charge in [0.2, 0.25) is 0 Å². The zero-order valence-corrected chi connectivity index (χ0v) is 12.1. The van der Waals surface area contributed by atoms with Crippen molar-refractivity contribution in [3.05, 3.63) is 30.1 Å². The highest BCUT2D eigenvalue weighted by molar-refractivity contribution is 5.14. The van der Waals surface area contributed by atoms with Gasteiger partial charge in [-0.2, -0.15) is 0 Å². The molecule has 2 heteroatoms. The maximum atomic E-state index is 4.08. The average molecular weight is 246 g/mol. The fourth-order valence-electron chi connectivity index (χ4n) is 3.57. The average Bonchev–Trinajstić information content (AvgIpc) is 2.27. The van der Waals surface area contributed by atoms with Crippen LogP contribution in [0.5, 0.6) is 0 Å². The van der Waals surface area contributed by atoms with Crippen LogP contribution in [0.25, 0.3) is 0 Å². The Morgan fingerprint density at radius 3 is 2.56 bits per heavy atom. The van der Waals surface area contributed by atoms with Crippen LogP contribution in [0.4, 0.5) is 0 Å². The number of hydrogen-bond donors (Lipinski definition) is 1. The number of aromatic nitrogens is 1. The van der Waals surface area contributed by atoms with Gasteiger partial charge in [0.05, 0.1) is 0 Å². The van der Waals surface area contributed by atoms with Crippen molar-refractivity contribution in [2.75, 3.05) is 0 Å². The van der Waals surface area contributed by atoms with E-state index in [9.17, 15) is 0 Å². The van der Waals surface area contributed by atoms with E-state index in [1.807, 2.05) is 12.4 Å². The molecule has 0 amide bonds. The van der Waals surface area contributed by atoms with E-state index in [4.69, 9.17) is 0 Å². The lowest BCUT2D eigenvalue weighted by Crippen LogP contribution is -2.41. The normalized spacial score (nSPS) is 28.9. The topological polar surface area (TPSA) is 24.9 Å². The highest BCUT2D eigenvalue weighted by atomic mass is 15.0. The summed E-state index contributed by atoms with van der Waals surface area (Å²) in [6, 6.07) is 5.27. The molecule has 1 aliphatic rings. The van der Waals surface area contributed by atoms with Gasteiger partial charge < -0.3 is 5.32 Å². The summed E-state index contributed by atoms with van der Waals surface area (Å²) in [6.07, 6.45) is 7.70. The highest BCUT2D eigenvalue weighted by Gasteiger charge is 2.32. The predicted octanol–water partition coefficient (Wildman–Crippen LogP) is 3.95. The SMILES string of the molecule is CC1CC(N[C@@H](C)c2ccncc2)CC(C)(C)C1. The van der Waals surface area contributed by atoms with Crippen molar-refractivity contribution in [2.45, 2.75) is 59.0 Å². The van der Waals surface area contributed by atoms with E-state index in [1.165, 1.54) is 24.8 Å². The maximum Gasteiger partial charge on any atom is 0.0295 e. The zero-order valence-electron chi connectivity index (χ0n) is 12.1. The molecule has 0 aliphatic heterocycles. The third-order valence-electron chi connectivity index (χ3n) is 4.08. The van der Waals surface area contributed by atoms with E-state index in [2.05, 4.69) is 50.1 Å². The van der Waals surface area contributed by atoms with Gasteiger partial charge in [-0.15, -0.1) is 0 Å². The molecule has 2 nitrogen and oxygen atoms in total. The Bertz CT molecular complexity index is 372. The van der Waals surface area contributed by atoms with Gasteiger partial charge in [0.1, 0.15) is 0 Å². The van der Waals surface area contributed by atoms with Crippen molar-refractivity contribution >= 4 is 0 Å². The van der Waals surface area contributed by atoms with Gasteiger partial charge in [0, 0.05) is 24.5 Å². The van der Waals surface area contributed by atoms with Crippen LogP contribution in [0.2, 0.25) is 0 Å². The molecule has 1 aliphatic carbocycles. The minimum absolute atomic E-state index is 0.416. The minimum Gasteiger partial charge on any atom is -0.307 e. The predicted molar refractivity (Wildman–Crippen MR) is 76.4 cm³/mol. The molecule has 3 atom stereocenters. The molecule has 1 N–H and O–H groups in total. The molecule has 100 valence electrons. The van der Waals surface area contributed by atoms with Crippen molar-refractivity contribution in [1.29, 1.82) is 0 Å². The molecular formula is C16H26N2. The Hall–Kier alpha value is -0.890. The first-order valence-electron chi connectivity index (χ1n) is 7.12. The van der Waals surface area contributed by atoms with E-state index in [-0.39, 0.29) is 0 Å². The van der Waals surface area contributed by atoms with Crippen LogP contribution in [-0.4, -0.2) is 11.0 Å². The molecular weight excluding hydrogens is 220 g/mol. The van der Waals surface area contributed by atoms with E-state index in [0.717, 1.165) is 5.92 Å². The molecule has 2 rings (SSSR count). The number of nitrogens with zero attached hydrogens (tertiary/aromatic N) is 1. The Labute approximate surface area is 111 Å². The van der Waals surface area contributed by atoms with Gasteiger partial charge >= 0.3 is 0 Å². The summed E-state index contributed by atoms with van der Waals surface area (Å²) in [5.74, 6) is 0.830. The first kappa shape index (κ1) is 13.5. The highest BCUT2D eigenvalue weighted by Crippen LogP contribution is 2.39. The second kappa shape index (κ2) is 5.40. The van der Waals surface area contributed by atoms with Crippen molar-refractivity contribution in [3.8, 4) is 0 Å². The van der Waals surface area contributed by atoms with Crippen molar-refractivity contribution in [2.24, 2.45) is 11.3 Å². The summed E-state index contributed by atoms with van der Waals surface area (Å²) >= 11 is 0. The Morgan fingerprint density at radius 1 is 1.28 bits per heavy atom. The van der Waals surface area contributed by atoms with Crippen LogP contribution in [0, 0.1) is 11.3 Å². The molecule has 0 saturated heterocycles. The fourth-order valence-corrected chi connectivity index (χ4v) is 3.57. The third kappa shape index (κ3) is 3.55. The van der Waals surface area contributed by atoms with Crippen LogP contribution in [0.15, 0.2) is 24.5 Å². The van der Waals surface area contributed by atoms with E-state index >= 15 is 0 Å². The Kier molecular flexibility index (Phi) is 4.06. The summed E-state index contributed by atoms with van der Waals surface area (Å²) in [5.41, 5.74) is 1.81. The van der Waals surface area contributed by atoms with Crippen LogP contribution >= 0.6 is 0 Å². The molecule has 1 heterocycles. The van der Waals surface area contributed by atoms with E-state index in [1.54, 1.807) is 0 Å². The molecule has 0 radical (unpaired) electrons. The summed E-state index contributed by atoms with van der Waals surface area (Å²) in [5, 5.41) is 3.79. The molecule has 1 saturated carbocycles. The van der Waals surface area contributed by atoms with Gasteiger partial charge in [0.25, 0.3) is 0 Å². The molecule has 0 bridgehead atoms. The number of pyridine rings is 1. The minimum atomic E-state index is 0.416. The molecule has 0 spiro atoms. The smallest absolute Gasteiger partial charge is 0.0295 e. The quantitative estimate of drug-likeness (QED) is 0.873. The number of hydrogen-bond acceptors (Lipinski definition) is 2. The van der Waals surface area contributed by atoms with E-state index < -0.39 is 0 Å². The van der Waals surface area contributed by atoms with Crippen LogP contribution in [0.3, 0.4) is 0 Å². The molecule has 0 aromatic carbocycles. The van der Waals surface area contributed by atoms with Gasteiger partial charge in [-0.25, -0.2) is 0 Å². The van der Waals surface area contributed by atoms with Crippen molar-refractivity contribution in [1.82, 2.24) is 10.3 Å². The number of nitrogens with one attached hydrogen (secondary N) is 1. The third-order valence-corrected chi connectivity index (χ3v) is 4.08. The maximum absolute atomic E-state index is 4.08. The molecule has 2 unspecified atom stereocenters. The lowest BCUT2D eigenvalue weighted by molar-refractivity contribution is 0.145. The standard InChI is InChI=1S/C16H26N2/c1-12-9-15(11-16(3,4)10-12)18-13(2)14-5-7-17-8-6-14/h5-8,12-13,15,18H,9-11H2,1-4H3/t12?,13-,15?/m0/s1. The molecule has 18 heavy (non-hydrogen) atoms. The van der Waals surface area contributed by atoms with E-state index in [0.29, 0.717) is 17.5 Å². The molecule has 1 aromatic heterocycles. The summed E-state index contributed by atoms with van der Waals surface area (Å²) in [6.45, 7) is 9.43. The first-order valence-corrected chi connectivity index (χ1v) is 7.12. The first-order chi connectivity index (χ1) is 8.46. The largest absolute Gasteiger partial charge is 0.307 e. The van der Waals surface area contributed by atoms with Gasteiger partial charge in [0.15, 0.2) is 0 Å². The van der Waals surface area contributed by atoms with Gasteiger partial charge in [-0.1, -0.05) is 20.8 Å². The Morgan fingerprint density at radius 2 is 1.94 bits per heavy atom. The van der Waals surface area contributed by atoms with Gasteiger partial charge in [-0.3, -0.25) is 4.98 Å². The lowest BCUT2D eigenvalue weighted by Gasteiger charge is -2.40.